The van der Waals surface area contributed by atoms with Crippen LogP contribution in [0.25, 0.3) is 11.3 Å². The van der Waals surface area contributed by atoms with Gasteiger partial charge in [-0.15, -0.1) is 0 Å². The molecule has 1 aromatic heterocycles. The maximum Gasteiger partial charge on any atom is 0.490 e. The van der Waals surface area contributed by atoms with Crippen LogP contribution in [0.2, 0.25) is 0 Å². The van der Waals surface area contributed by atoms with E-state index in [1.54, 1.807) is 29.1 Å². The highest BCUT2D eigenvalue weighted by molar-refractivity contribution is 5.94. The molecule has 1 amide bonds. The van der Waals surface area contributed by atoms with Gasteiger partial charge in [-0.25, -0.2) is 4.79 Å². The third-order valence-electron chi connectivity index (χ3n) is 2.98. The Morgan fingerprint density at radius 3 is 2.35 bits per heavy atom. The van der Waals surface area contributed by atoms with E-state index in [9.17, 15) is 18.0 Å². The lowest BCUT2D eigenvalue weighted by Crippen LogP contribution is -2.21. The predicted octanol–water partition coefficient (Wildman–Crippen LogP) is 1.16. The van der Waals surface area contributed by atoms with E-state index < -0.39 is 18.1 Å². The van der Waals surface area contributed by atoms with Crippen molar-refractivity contribution in [3.8, 4) is 17.0 Å². The van der Waals surface area contributed by atoms with Gasteiger partial charge in [-0.05, 0) is 24.3 Å². The SMILES string of the molecule is Cn1nccc1-c1cc(C(N)=O)ccc1OCCN.O=C(O)C(F)(F)F. The van der Waals surface area contributed by atoms with Crippen molar-refractivity contribution in [2.45, 2.75) is 6.18 Å². The summed E-state index contributed by atoms with van der Waals surface area (Å²) >= 11 is 0. The average molecular weight is 374 g/mol. The lowest BCUT2D eigenvalue weighted by Gasteiger charge is -2.12. The topological polar surface area (TPSA) is 133 Å². The average Bonchev–Trinajstić information content (AvgIpc) is 2.98. The Morgan fingerprint density at radius 2 is 1.92 bits per heavy atom. The van der Waals surface area contributed by atoms with E-state index in [1.807, 2.05) is 13.1 Å². The number of hydrogen-bond donors (Lipinski definition) is 3. The van der Waals surface area contributed by atoms with Crippen LogP contribution in [0.3, 0.4) is 0 Å². The minimum absolute atomic E-state index is 0.404. The lowest BCUT2D eigenvalue weighted by atomic mass is 10.1. The van der Waals surface area contributed by atoms with Crippen molar-refractivity contribution in [3.05, 3.63) is 36.0 Å². The maximum atomic E-state index is 11.3. The van der Waals surface area contributed by atoms with Crippen molar-refractivity contribution in [2.24, 2.45) is 18.5 Å². The molecule has 0 bridgehead atoms. The van der Waals surface area contributed by atoms with Gasteiger partial charge in [0.05, 0.1) is 5.69 Å². The number of amides is 1. The largest absolute Gasteiger partial charge is 0.492 e. The van der Waals surface area contributed by atoms with Gasteiger partial charge in [0, 0.05) is 30.9 Å². The van der Waals surface area contributed by atoms with Gasteiger partial charge >= 0.3 is 12.1 Å². The van der Waals surface area contributed by atoms with E-state index in [0.717, 1.165) is 11.3 Å². The molecular weight excluding hydrogens is 357 g/mol. The zero-order valence-corrected chi connectivity index (χ0v) is 13.7. The highest BCUT2D eigenvalue weighted by Crippen LogP contribution is 2.30. The molecule has 142 valence electrons. The number of rotatable bonds is 5. The fourth-order valence-corrected chi connectivity index (χ4v) is 1.82. The summed E-state index contributed by atoms with van der Waals surface area (Å²) in [6, 6.07) is 6.90. The Bertz CT molecular complexity index is 774. The Morgan fingerprint density at radius 1 is 1.31 bits per heavy atom. The van der Waals surface area contributed by atoms with Crippen LogP contribution in [0.4, 0.5) is 13.2 Å². The van der Waals surface area contributed by atoms with Crippen LogP contribution in [0, 0.1) is 0 Å². The molecule has 0 aliphatic carbocycles. The van der Waals surface area contributed by atoms with Gasteiger partial charge in [-0.2, -0.15) is 18.3 Å². The molecule has 0 aliphatic heterocycles. The summed E-state index contributed by atoms with van der Waals surface area (Å²) in [4.78, 5) is 20.2. The van der Waals surface area contributed by atoms with Crippen LogP contribution in [-0.2, 0) is 11.8 Å². The Balaban J connectivity index is 0.000000412. The smallest absolute Gasteiger partial charge is 0.490 e. The third kappa shape index (κ3) is 5.77. The van der Waals surface area contributed by atoms with Gasteiger partial charge in [-0.3, -0.25) is 9.48 Å². The van der Waals surface area contributed by atoms with Crippen molar-refractivity contribution in [1.29, 1.82) is 0 Å². The number of aliphatic carboxylic acids is 1. The number of carboxylic acid groups (broad SMARTS) is 1. The standard InChI is InChI=1S/C13H16N4O2.C2HF3O2/c1-17-11(4-6-16-17)10-8-9(13(15)18)2-3-12(10)19-7-5-14;3-2(4,5)1(6)7/h2-4,6,8H,5,7,14H2,1H3,(H2,15,18);(H,6,7). The van der Waals surface area contributed by atoms with E-state index in [0.29, 0.717) is 24.5 Å². The molecule has 1 aromatic carbocycles. The maximum absolute atomic E-state index is 11.3. The quantitative estimate of drug-likeness (QED) is 0.719. The number of aryl methyl sites for hydroxylation is 1. The number of carbonyl (C=O) groups is 2. The van der Waals surface area contributed by atoms with E-state index in [4.69, 9.17) is 26.1 Å². The molecule has 0 unspecified atom stereocenters. The van der Waals surface area contributed by atoms with Gasteiger partial charge in [0.1, 0.15) is 12.4 Å². The molecule has 0 aliphatic rings. The van der Waals surface area contributed by atoms with Gasteiger partial charge in [-0.1, -0.05) is 0 Å². The fourth-order valence-electron chi connectivity index (χ4n) is 1.82. The van der Waals surface area contributed by atoms with Gasteiger partial charge in [0.15, 0.2) is 0 Å². The van der Waals surface area contributed by atoms with Gasteiger partial charge in [0.2, 0.25) is 5.91 Å². The van der Waals surface area contributed by atoms with Crippen molar-refractivity contribution >= 4 is 11.9 Å². The van der Waals surface area contributed by atoms with Gasteiger partial charge in [0.25, 0.3) is 0 Å². The second-order valence-electron chi connectivity index (χ2n) is 4.86. The number of halogens is 3. The summed E-state index contributed by atoms with van der Waals surface area (Å²) in [5.41, 5.74) is 12.8. The Labute approximate surface area is 146 Å². The number of ether oxygens (including phenoxy) is 1. The Hall–Kier alpha value is -3.08. The molecule has 2 aromatic rings. The van der Waals surface area contributed by atoms with Crippen molar-refractivity contribution in [1.82, 2.24) is 9.78 Å². The van der Waals surface area contributed by atoms with Crippen LogP contribution in [0.5, 0.6) is 5.75 Å². The van der Waals surface area contributed by atoms with Crippen LogP contribution >= 0.6 is 0 Å². The molecule has 1 heterocycles. The summed E-state index contributed by atoms with van der Waals surface area (Å²) < 4.78 is 39.0. The molecule has 0 radical (unpaired) electrons. The Kier molecular flexibility index (Phi) is 7.14. The zero-order valence-electron chi connectivity index (χ0n) is 13.7. The number of hydrogen-bond acceptors (Lipinski definition) is 5. The van der Waals surface area contributed by atoms with Crippen LogP contribution in [0.1, 0.15) is 10.4 Å². The zero-order chi connectivity index (χ0) is 19.9. The first-order valence-electron chi connectivity index (χ1n) is 7.13. The van der Waals surface area contributed by atoms with Crippen LogP contribution < -0.4 is 16.2 Å². The van der Waals surface area contributed by atoms with E-state index in [-0.39, 0.29) is 0 Å². The lowest BCUT2D eigenvalue weighted by molar-refractivity contribution is -0.192. The van der Waals surface area contributed by atoms with Crippen molar-refractivity contribution in [3.63, 3.8) is 0 Å². The molecule has 0 fully saturated rings. The van der Waals surface area contributed by atoms with Crippen molar-refractivity contribution in [2.75, 3.05) is 13.2 Å². The predicted molar refractivity (Wildman–Crippen MR) is 85.4 cm³/mol. The summed E-state index contributed by atoms with van der Waals surface area (Å²) in [5.74, 6) is -2.58. The fraction of sp³-hybridized carbons (Fsp3) is 0.267. The molecule has 0 atom stereocenters. The number of nitrogens with zero attached hydrogens (tertiary/aromatic N) is 2. The van der Waals surface area contributed by atoms with E-state index in [1.165, 1.54) is 0 Å². The number of nitrogens with two attached hydrogens (primary N) is 2. The number of aromatic nitrogens is 2. The summed E-state index contributed by atoms with van der Waals surface area (Å²) in [5, 5.41) is 11.2. The highest BCUT2D eigenvalue weighted by atomic mass is 19.4. The summed E-state index contributed by atoms with van der Waals surface area (Å²) in [7, 11) is 1.82. The highest BCUT2D eigenvalue weighted by Gasteiger charge is 2.38. The molecular formula is C15H17F3N4O4. The minimum atomic E-state index is -5.08. The number of carboxylic acids is 1. The first kappa shape index (κ1) is 21.0. The number of benzene rings is 1. The number of carbonyl (C=O) groups excluding carboxylic acids is 1. The molecule has 2 rings (SSSR count). The van der Waals surface area contributed by atoms with Gasteiger partial charge < -0.3 is 21.3 Å². The molecule has 0 spiro atoms. The first-order valence-corrected chi connectivity index (χ1v) is 7.13. The number of primary amides is 1. The first-order chi connectivity index (χ1) is 12.1. The normalized spacial score (nSPS) is 10.7. The minimum Gasteiger partial charge on any atom is -0.492 e. The molecule has 8 nitrogen and oxygen atoms in total. The van der Waals surface area contributed by atoms with Crippen LogP contribution in [-0.4, -0.2) is 46.1 Å². The van der Waals surface area contributed by atoms with E-state index >= 15 is 0 Å². The van der Waals surface area contributed by atoms with E-state index in [2.05, 4.69) is 5.10 Å². The summed E-state index contributed by atoms with van der Waals surface area (Å²) in [6.07, 6.45) is -3.40. The molecule has 11 heteroatoms. The second kappa shape index (κ2) is 8.85. The van der Waals surface area contributed by atoms with Crippen LogP contribution in [0.15, 0.2) is 30.5 Å². The molecule has 5 N–H and O–H groups in total. The summed E-state index contributed by atoms with van der Waals surface area (Å²) in [6.45, 7) is 0.823. The van der Waals surface area contributed by atoms with Crippen molar-refractivity contribution < 1.29 is 32.6 Å². The molecule has 0 saturated carbocycles. The monoisotopic (exact) mass is 374 g/mol. The number of alkyl halides is 3. The molecule has 0 saturated heterocycles. The third-order valence-corrected chi connectivity index (χ3v) is 2.98. The second-order valence-corrected chi connectivity index (χ2v) is 4.86. The molecule has 26 heavy (non-hydrogen) atoms.